The van der Waals surface area contributed by atoms with Crippen LogP contribution in [0.15, 0.2) is 12.1 Å². The van der Waals surface area contributed by atoms with Gasteiger partial charge < -0.3 is 16.0 Å². The molecule has 1 aromatic heterocycles. The minimum Gasteiger partial charge on any atom is -0.370 e. The van der Waals surface area contributed by atoms with Gasteiger partial charge in [0.05, 0.1) is 12.1 Å². The van der Waals surface area contributed by atoms with Crippen LogP contribution in [0.1, 0.15) is 25.8 Å². The summed E-state index contributed by atoms with van der Waals surface area (Å²) in [6, 6.07) is 1.82. The first-order chi connectivity index (χ1) is 9.86. The van der Waals surface area contributed by atoms with Crippen molar-refractivity contribution in [3.63, 3.8) is 0 Å². The van der Waals surface area contributed by atoms with E-state index in [4.69, 9.17) is 0 Å². The SMILES string of the molecule is CCCNC(=O)CNc1cc(C(F)(F)F)cc(NCC)n1. The van der Waals surface area contributed by atoms with Gasteiger partial charge in [-0.05, 0) is 25.5 Å². The van der Waals surface area contributed by atoms with Crippen LogP contribution < -0.4 is 16.0 Å². The van der Waals surface area contributed by atoms with Gasteiger partial charge in [0.15, 0.2) is 0 Å². The Morgan fingerprint density at radius 1 is 1.19 bits per heavy atom. The van der Waals surface area contributed by atoms with E-state index in [0.717, 1.165) is 18.6 Å². The number of nitrogens with one attached hydrogen (secondary N) is 3. The van der Waals surface area contributed by atoms with Gasteiger partial charge in [-0.25, -0.2) is 4.98 Å². The Labute approximate surface area is 121 Å². The van der Waals surface area contributed by atoms with Crippen molar-refractivity contribution in [2.45, 2.75) is 26.4 Å². The Morgan fingerprint density at radius 2 is 1.81 bits per heavy atom. The van der Waals surface area contributed by atoms with Crippen LogP contribution in [-0.4, -0.2) is 30.5 Å². The molecule has 0 spiro atoms. The van der Waals surface area contributed by atoms with Gasteiger partial charge in [-0.3, -0.25) is 4.79 Å². The molecule has 0 atom stereocenters. The lowest BCUT2D eigenvalue weighted by Gasteiger charge is -2.13. The maximum atomic E-state index is 12.8. The minimum absolute atomic E-state index is 0.00687. The molecule has 1 heterocycles. The van der Waals surface area contributed by atoms with Crippen LogP contribution >= 0.6 is 0 Å². The molecule has 1 rings (SSSR count). The highest BCUT2D eigenvalue weighted by atomic mass is 19.4. The number of hydrogen-bond donors (Lipinski definition) is 3. The second-order valence-electron chi connectivity index (χ2n) is 4.36. The van der Waals surface area contributed by atoms with Gasteiger partial charge in [0.25, 0.3) is 0 Å². The van der Waals surface area contributed by atoms with Gasteiger partial charge >= 0.3 is 6.18 Å². The van der Waals surface area contributed by atoms with Gasteiger partial charge in [-0.15, -0.1) is 0 Å². The Balaban J connectivity index is 2.80. The summed E-state index contributed by atoms with van der Waals surface area (Å²) >= 11 is 0. The largest absolute Gasteiger partial charge is 0.416 e. The molecule has 3 N–H and O–H groups in total. The van der Waals surface area contributed by atoms with E-state index in [1.807, 2.05) is 6.92 Å². The van der Waals surface area contributed by atoms with Crippen molar-refractivity contribution in [3.05, 3.63) is 17.7 Å². The number of rotatable bonds is 7. The molecule has 0 aromatic carbocycles. The second kappa shape index (κ2) is 7.70. The van der Waals surface area contributed by atoms with Crippen molar-refractivity contribution in [1.82, 2.24) is 10.3 Å². The number of aromatic nitrogens is 1. The molecular formula is C13H19F3N4O. The molecule has 0 saturated carbocycles. The highest BCUT2D eigenvalue weighted by molar-refractivity contribution is 5.80. The number of carbonyl (C=O) groups excluding carboxylic acids is 1. The van der Waals surface area contributed by atoms with E-state index >= 15 is 0 Å². The van der Waals surface area contributed by atoms with E-state index in [1.165, 1.54) is 0 Å². The van der Waals surface area contributed by atoms with E-state index in [9.17, 15) is 18.0 Å². The number of carbonyl (C=O) groups is 1. The third kappa shape index (κ3) is 5.88. The smallest absolute Gasteiger partial charge is 0.370 e. The molecule has 0 saturated heterocycles. The van der Waals surface area contributed by atoms with Gasteiger partial charge in [0.2, 0.25) is 5.91 Å². The summed E-state index contributed by atoms with van der Waals surface area (Å²) in [5.74, 6) is -0.169. The Hall–Kier alpha value is -1.99. The molecule has 0 aliphatic carbocycles. The zero-order valence-corrected chi connectivity index (χ0v) is 12.0. The minimum atomic E-state index is -4.46. The highest BCUT2D eigenvalue weighted by Crippen LogP contribution is 2.31. The second-order valence-corrected chi connectivity index (χ2v) is 4.36. The fraction of sp³-hybridized carbons (Fsp3) is 0.538. The summed E-state index contributed by atoms with van der Waals surface area (Å²) < 4.78 is 38.4. The number of pyridine rings is 1. The van der Waals surface area contributed by atoms with Crippen LogP contribution in [0.2, 0.25) is 0 Å². The first-order valence-electron chi connectivity index (χ1n) is 6.70. The molecule has 5 nitrogen and oxygen atoms in total. The molecule has 1 amide bonds. The predicted octanol–water partition coefficient (Wildman–Crippen LogP) is 2.47. The van der Waals surface area contributed by atoms with E-state index in [-0.39, 0.29) is 24.1 Å². The first-order valence-corrected chi connectivity index (χ1v) is 6.70. The predicted molar refractivity (Wildman–Crippen MR) is 75.2 cm³/mol. The van der Waals surface area contributed by atoms with Crippen molar-refractivity contribution < 1.29 is 18.0 Å². The third-order valence-corrected chi connectivity index (χ3v) is 2.51. The Kier molecular flexibility index (Phi) is 6.26. The van der Waals surface area contributed by atoms with Crippen molar-refractivity contribution >= 4 is 17.5 Å². The molecule has 0 aliphatic rings. The van der Waals surface area contributed by atoms with E-state index in [2.05, 4.69) is 20.9 Å². The van der Waals surface area contributed by atoms with Crippen LogP contribution in [0.4, 0.5) is 24.8 Å². The Bertz CT molecular complexity index is 477. The standard InChI is InChI=1S/C13H19F3N4O/c1-3-5-18-12(21)8-19-11-7-9(13(14,15)16)6-10(20-11)17-4-2/h6-7H,3-5,8H2,1-2H3,(H,18,21)(H2,17,19,20). The molecule has 1 aromatic rings. The van der Waals surface area contributed by atoms with Gasteiger partial charge in [0.1, 0.15) is 11.6 Å². The Morgan fingerprint density at radius 3 is 2.33 bits per heavy atom. The number of amides is 1. The van der Waals surface area contributed by atoms with Crippen molar-refractivity contribution in [2.24, 2.45) is 0 Å². The van der Waals surface area contributed by atoms with Crippen LogP contribution in [0.25, 0.3) is 0 Å². The number of halogens is 3. The number of hydrogen-bond acceptors (Lipinski definition) is 4. The summed E-state index contributed by atoms with van der Waals surface area (Å²) in [5, 5.41) is 7.95. The van der Waals surface area contributed by atoms with Gasteiger partial charge in [0, 0.05) is 13.1 Å². The maximum absolute atomic E-state index is 12.8. The lowest BCUT2D eigenvalue weighted by Crippen LogP contribution is -2.30. The van der Waals surface area contributed by atoms with Crippen LogP contribution in [0.3, 0.4) is 0 Å². The van der Waals surface area contributed by atoms with E-state index < -0.39 is 11.7 Å². The molecule has 118 valence electrons. The summed E-state index contributed by atoms with van der Waals surface area (Å²) in [5.41, 5.74) is -0.815. The molecule has 21 heavy (non-hydrogen) atoms. The average Bonchev–Trinajstić information content (AvgIpc) is 2.42. The summed E-state index contributed by atoms with van der Waals surface area (Å²) in [6.45, 7) is 4.52. The fourth-order valence-corrected chi connectivity index (χ4v) is 1.55. The lowest BCUT2D eigenvalue weighted by molar-refractivity contribution is -0.137. The molecular weight excluding hydrogens is 285 g/mol. The van der Waals surface area contributed by atoms with Crippen LogP contribution in [0.5, 0.6) is 0 Å². The topological polar surface area (TPSA) is 66.1 Å². The number of anilines is 2. The van der Waals surface area contributed by atoms with Crippen molar-refractivity contribution in [1.29, 1.82) is 0 Å². The van der Waals surface area contributed by atoms with Crippen molar-refractivity contribution in [2.75, 3.05) is 30.3 Å². The monoisotopic (exact) mass is 304 g/mol. The van der Waals surface area contributed by atoms with E-state index in [0.29, 0.717) is 13.1 Å². The quantitative estimate of drug-likeness (QED) is 0.724. The maximum Gasteiger partial charge on any atom is 0.416 e. The molecule has 0 fully saturated rings. The first kappa shape index (κ1) is 17.1. The van der Waals surface area contributed by atoms with Gasteiger partial charge in [-0.1, -0.05) is 6.92 Å². The highest BCUT2D eigenvalue weighted by Gasteiger charge is 2.31. The zero-order chi connectivity index (χ0) is 15.9. The molecule has 0 unspecified atom stereocenters. The molecule has 0 bridgehead atoms. The van der Waals surface area contributed by atoms with Crippen LogP contribution in [0, 0.1) is 0 Å². The average molecular weight is 304 g/mol. The third-order valence-electron chi connectivity index (χ3n) is 2.51. The number of nitrogens with zero attached hydrogens (tertiary/aromatic N) is 1. The summed E-state index contributed by atoms with van der Waals surface area (Å²) in [7, 11) is 0. The summed E-state index contributed by atoms with van der Waals surface area (Å²) in [4.78, 5) is 15.4. The molecule has 0 radical (unpaired) electrons. The zero-order valence-electron chi connectivity index (χ0n) is 12.0. The van der Waals surface area contributed by atoms with Crippen LogP contribution in [-0.2, 0) is 11.0 Å². The molecule has 0 aliphatic heterocycles. The van der Waals surface area contributed by atoms with Gasteiger partial charge in [-0.2, -0.15) is 13.2 Å². The van der Waals surface area contributed by atoms with Crippen molar-refractivity contribution in [3.8, 4) is 0 Å². The lowest BCUT2D eigenvalue weighted by atomic mass is 10.2. The molecule has 8 heteroatoms. The number of alkyl halides is 3. The fourth-order valence-electron chi connectivity index (χ4n) is 1.55. The normalized spacial score (nSPS) is 11.1. The van der Waals surface area contributed by atoms with E-state index in [1.54, 1.807) is 6.92 Å². The summed E-state index contributed by atoms with van der Waals surface area (Å²) in [6.07, 6.45) is -3.67.